The second kappa shape index (κ2) is 5.21. The summed E-state index contributed by atoms with van der Waals surface area (Å²) in [4.78, 5) is 17.1. The van der Waals surface area contributed by atoms with Gasteiger partial charge in [-0.2, -0.15) is 0 Å². The number of hydrogen-bond donors (Lipinski definition) is 0. The first-order chi connectivity index (χ1) is 10.2. The molecular formula is C15H14N2O3S. The number of imidazole rings is 1. The number of thiazole rings is 1. The van der Waals surface area contributed by atoms with Crippen LogP contribution in [-0.4, -0.2) is 29.9 Å². The summed E-state index contributed by atoms with van der Waals surface area (Å²) in [6.45, 7) is 2.02. The van der Waals surface area contributed by atoms with Crippen molar-refractivity contribution in [1.82, 2.24) is 9.38 Å². The summed E-state index contributed by atoms with van der Waals surface area (Å²) in [5, 5.41) is 0. The SMILES string of the molecule is COc1ccc(OC)c(-c2c(C)sc3nc(C=O)cn23)c1. The number of aromatic nitrogens is 2. The molecule has 0 fully saturated rings. The Morgan fingerprint density at radius 2 is 2.10 bits per heavy atom. The fourth-order valence-corrected chi connectivity index (χ4v) is 3.32. The molecule has 0 atom stereocenters. The highest BCUT2D eigenvalue weighted by molar-refractivity contribution is 7.17. The van der Waals surface area contributed by atoms with E-state index < -0.39 is 0 Å². The van der Waals surface area contributed by atoms with Crippen LogP contribution in [0.15, 0.2) is 24.4 Å². The third-order valence-electron chi connectivity index (χ3n) is 3.29. The van der Waals surface area contributed by atoms with Crippen LogP contribution in [0, 0.1) is 6.92 Å². The van der Waals surface area contributed by atoms with Crippen LogP contribution in [0.2, 0.25) is 0 Å². The third-order valence-corrected chi connectivity index (χ3v) is 4.26. The van der Waals surface area contributed by atoms with Crippen molar-refractivity contribution in [1.29, 1.82) is 0 Å². The Labute approximate surface area is 125 Å². The Hall–Kier alpha value is -2.34. The van der Waals surface area contributed by atoms with Gasteiger partial charge < -0.3 is 9.47 Å². The van der Waals surface area contributed by atoms with Gasteiger partial charge in [0, 0.05) is 16.6 Å². The largest absolute Gasteiger partial charge is 0.497 e. The maximum absolute atomic E-state index is 10.9. The summed E-state index contributed by atoms with van der Waals surface area (Å²) in [7, 11) is 3.26. The Morgan fingerprint density at radius 1 is 1.29 bits per heavy atom. The van der Waals surface area contributed by atoms with E-state index in [2.05, 4.69) is 4.98 Å². The molecule has 21 heavy (non-hydrogen) atoms. The summed E-state index contributed by atoms with van der Waals surface area (Å²) in [6.07, 6.45) is 2.49. The first-order valence-corrected chi connectivity index (χ1v) is 7.15. The number of benzene rings is 1. The minimum Gasteiger partial charge on any atom is -0.497 e. The highest BCUT2D eigenvalue weighted by Gasteiger charge is 2.17. The van der Waals surface area contributed by atoms with Crippen LogP contribution < -0.4 is 9.47 Å². The number of carbonyl (C=O) groups is 1. The molecule has 2 aromatic heterocycles. The van der Waals surface area contributed by atoms with Gasteiger partial charge in [-0.15, -0.1) is 11.3 Å². The van der Waals surface area contributed by atoms with Gasteiger partial charge in [0.15, 0.2) is 11.2 Å². The predicted octanol–water partition coefficient (Wildman–Crippen LogP) is 3.20. The molecule has 3 rings (SSSR count). The molecule has 0 saturated carbocycles. The average molecular weight is 302 g/mol. The number of nitrogens with zero attached hydrogens (tertiary/aromatic N) is 2. The molecule has 6 heteroatoms. The van der Waals surface area contributed by atoms with Crippen molar-refractivity contribution >= 4 is 22.6 Å². The van der Waals surface area contributed by atoms with E-state index in [1.165, 1.54) is 11.3 Å². The zero-order valence-electron chi connectivity index (χ0n) is 11.9. The molecule has 0 aliphatic carbocycles. The highest BCUT2D eigenvalue weighted by Crippen LogP contribution is 2.38. The second-order valence-corrected chi connectivity index (χ2v) is 5.69. The third kappa shape index (κ3) is 2.17. The van der Waals surface area contributed by atoms with Crippen molar-refractivity contribution in [2.75, 3.05) is 14.2 Å². The molecule has 5 nitrogen and oxygen atoms in total. The van der Waals surface area contributed by atoms with Crippen molar-refractivity contribution < 1.29 is 14.3 Å². The monoisotopic (exact) mass is 302 g/mol. The van der Waals surface area contributed by atoms with Crippen LogP contribution in [0.1, 0.15) is 15.4 Å². The van der Waals surface area contributed by atoms with Gasteiger partial charge in [0.25, 0.3) is 0 Å². The molecule has 0 unspecified atom stereocenters. The molecule has 0 N–H and O–H groups in total. The van der Waals surface area contributed by atoms with E-state index in [-0.39, 0.29) is 0 Å². The van der Waals surface area contributed by atoms with Gasteiger partial charge >= 0.3 is 0 Å². The van der Waals surface area contributed by atoms with Crippen molar-refractivity contribution in [2.24, 2.45) is 0 Å². The molecule has 0 aliphatic heterocycles. The number of aldehydes is 1. The van der Waals surface area contributed by atoms with Crippen LogP contribution in [0.5, 0.6) is 11.5 Å². The molecule has 0 amide bonds. The maximum atomic E-state index is 10.9. The van der Waals surface area contributed by atoms with Crippen LogP contribution in [0.4, 0.5) is 0 Å². The number of hydrogen-bond acceptors (Lipinski definition) is 5. The van der Waals surface area contributed by atoms with Crippen LogP contribution in [0.25, 0.3) is 16.2 Å². The number of carbonyl (C=O) groups excluding carboxylic acids is 1. The summed E-state index contributed by atoms with van der Waals surface area (Å²) >= 11 is 1.54. The number of fused-ring (bicyclic) bond motifs is 1. The normalized spacial score (nSPS) is 10.8. The van der Waals surface area contributed by atoms with E-state index in [1.807, 2.05) is 29.5 Å². The van der Waals surface area contributed by atoms with Crippen LogP contribution in [-0.2, 0) is 0 Å². The zero-order chi connectivity index (χ0) is 15.0. The van der Waals surface area contributed by atoms with E-state index >= 15 is 0 Å². The molecule has 2 heterocycles. The van der Waals surface area contributed by atoms with Gasteiger partial charge in [0.1, 0.15) is 17.2 Å². The smallest absolute Gasteiger partial charge is 0.195 e. The first kappa shape index (κ1) is 13.6. The van der Waals surface area contributed by atoms with Crippen molar-refractivity contribution in [3.8, 4) is 22.8 Å². The van der Waals surface area contributed by atoms with Crippen LogP contribution >= 0.6 is 11.3 Å². The van der Waals surface area contributed by atoms with Crippen LogP contribution in [0.3, 0.4) is 0 Å². The van der Waals surface area contributed by atoms with Crippen molar-refractivity contribution in [3.63, 3.8) is 0 Å². The maximum Gasteiger partial charge on any atom is 0.195 e. The first-order valence-electron chi connectivity index (χ1n) is 6.34. The number of ether oxygens (including phenoxy) is 2. The van der Waals surface area contributed by atoms with Gasteiger partial charge in [0.05, 0.1) is 19.9 Å². The Morgan fingerprint density at radius 3 is 2.76 bits per heavy atom. The van der Waals surface area contributed by atoms with Gasteiger partial charge in [0.2, 0.25) is 0 Å². The molecule has 108 valence electrons. The van der Waals surface area contributed by atoms with E-state index in [1.54, 1.807) is 20.4 Å². The van der Waals surface area contributed by atoms with Crippen molar-refractivity contribution in [2.45, 2.75) is 6.92 Å². The van der Waals surface area contributed by atoms with Gasteiger partial charge in [-0.1, -0.05) is 0 Å². The summed E-state index contributed by atoms with van der Waals surface area (Å²) in [6, 6.07) is 5.65. The Balaban J connectivity index is 2.30. The van der Waals surface area contributed by atoms with Gasteiger partial charge in [-0.05, 0) is 25.1 Å². The van der Waals surface area contributed by atoms with Crippen molar-refractivity contribution in [3.05, 3.63) is 35.0 Å². The van der Waals surface area contributed by atoms with Gasteiger partial charge in [-0.25, -0.2) is 4.98 Å². The number of methoxy groups -OCH3 is 2. The van der Waals surface area contributed by atoms with E-state index in [0.717, 1.165) is 38.9 Å². The average Bonchev–Trinajstić information content (AvgIpc) is 3.02. The fourth-order valence-electron chi connectivity index (χ4n) is 2.34. The molecule has 0 spiro atoms. The minimum absolute atomic E-state index is 0.421. The second-order valence-electron chi connectivity index (χ2n) is 4.51. The van der Waals surface area contributed by atoms with E-state index in [4.69, 9.17) is 9.47 Å². The summed E-state index contributed by atoms with van der Waals surface area (Å²) < 4.78 is 12.7. The number of rotatable bonds is 4. The molecular weight excluding hydrogens is 288 g/mol. The molecule has 3 aromatic rings. The Kier molecular flexibility index (Phi) is 3.39. The lowest BCUT2D eigenvalue weighted by molar-refractivity contribution is 0.111. The minimum atomic E-state index is 0.421. The zero-order valence-corrected chi connectivity index (χ0v) is 12.7. The topological polar surface area (TPSA) is 52.8 Å². The molecule has 1 aromatic carbocycles. The van der Waals surface area contributed by atoms with E-state index in [0.29, 0.717) is 5.69 Å². The highest BCUT2D eigenvalue weighted by atomic mass is 32.1. The van der Waals surface area contributed by atoms with E-state index in [9.17, 15) is 4.79 Å². The molecule has 0 radical (unpaired) electrons. The summed E-state index contributed by atoms with van der Waals surface area (Å²) in [5.41, 5.74) is 2.30. The lowest BCUT2D eigenvalue weighted by Crippen LogP contribution is -1.93. The lowest BCUT2D eigenvalue weighted by atomic mass is 10.1. The predicted molar refractivity (Wildman–Crippen MR) is 81.7 cm³/mol. The standard InChI is InChI=1S/C15H14N2O3S/c1-9-14(17-7-10(8-18)16-15(17)21-9)12-6-11(19-2)4-5-13(12)20-3/h4-8H,1-3H3. The Bertz CT molecular complexity index is 820. The summed E-state index contributed by atoms with van der Waals surface area (Å²) in [5.74, 6) is 1.50. The molecule has 0 bridgehead atoms. The quantitative estimate of drug-likeness (QED) is 0.694. The molecule has 0 saturated heterocycles. The fraction of sp³-hybridized carbons (Fsp3) is 0.200. The number of aryl methyl sites for hydroxylation is 1. The lowest BCUT2D eigenvalue weighted by Gasteiger charge is -2.10. The molecule has 0 aliphatic rings. The van der Waals surface area contributed by atoms with Gasteiger partial charge in [-0.3, -0.25) is 9.20 Å².